The van der Waals surface area contributed by atoms with Gasteiger partial charge >= 0.3 is 5.97 Å². The molecular formula is C26H34N2O4. The van der Waals surface area contributed by atoms with Crippen molar-refractivity contribution in [1.29, 1.82) is 0 Å². The first-order valence-corrected chi connectivity index (χ1v) is 12.2. The molecule has 1 aromatic rings. The standard InChI is InChI=1S/C26H34N2O4/c1-16-5-3-6-21(9-16)27-23(29)17(2)32-24(30)22-7-4-8-28(22)25(31)26-13-18-10-19(14-26)12-20(11-18)15-26/h3,5-6,9,17-20,22H,4,7-8,10-15H2,1-2H3,(H,27,29)/t17-,18?,19?,20?,22+,26?/m1/s1. The minimum absolute atomic E-state index is 0.174. The summed E-state index contributed by atoms with van der Waals surface area (Å²) >= 11 is 0. The number of hydrogen-bond donors (Lipinski definition) is 1. The molecule has 5 fully saturated rings. The quantitative estimate of drug-likeness (QED) is 0.703. The van der Waals surface area contributed by atoms with E-state index in [0.29, 0.717) is 36.4 Å². The van der Waals surface area contributed by atoms with Crippen molar-refractivity contribution >= 4 is 23.5 Å². The first-order chi connectivity index (χ1) is 15.3. The third kappa shape index (κ3) is 3.93. The molecule has 172 valence electrons. The molecule has 4 aliphatic carbocycles. The van der Waals surface area contributed by atoms with Gasteiger partial charge in [-0.05, 0) is 101 Å². The maximum Gasteiger partial charge on any atom is 0.329 e. The summed E-state index contributed by atoms with van der Waals surface area (Å²) in [6.45, 7) is 4.15. The summed E-state index contributed by atoms with van der Waals surface area (Å²) in [6.07, 6.45) is 7.33. The predicted molar refractivity (Wildman–Crippen MR) is 121 cm³/mol. The molecule has 2 atom stereocenters. The Morgan fingerprint density at radius 1 is 1.09 bits per heavy atom. The highest BCUT2D eigenvalue weighted by atomic mass is 16.5. The van der Waals surface area contributed by atoms with Gasteiger partial charge in [0.05, 0.1) is 5.41 Å². The molecule has 1 N–H and O–H groups in total. The van der Waals surface area contributed by atoms with Crippen LogP contribution in [0.4, 0.5) is 5.69 Å². The number of amides is 2. The third-order valence-electron chi connectivity index (χ3n) is 8.23. The van der Waals surface area contributed by atoms with E-state index >= 15 is 0 Å². The lowest BCUT2D eigenvalue weighted by atomic mass is 9.49. The molecule has 0 spiro atoms. The van der Waals surface area contributed by atoms with Gasteiger partial charge in [0, 0.05) is 12.2 Å². The summed E-state index contributed by atoms with van der Waals surface area (Å²) in [5.41, 5.74) is 1.46. The Morgan fingerprint density at radius 3 is 2.38 bits per heavy atom. The van der Waals surface area contributed by atoms with Crippen LogP contribution in [0.5, 0.6) is 0 Å². The second-order valence-corrected chi connectivity index (χ2v) is 10.8. The van der Waals surface area contributed by atoms with Gasteiger partial charge in [-0.15, -0.1) is 0 Å². The van der Waals surface area contributed by atoms with Crippen LogP contribution in [0.25, 0.3) is 0 Å². The summed E-state index contributed by atoms with van der Waals surface area (Å²) in [4.78, 5) is 41.1. The van der Waals surface area contributed by atoms with Crippen LogP contribution in [-0.4, -0.2) is 41.4 Å². The lowest BCUT2D eigenvalue weighted by Gasteiger charge is -2.56. The van der Waals surface area contributed by atoms with Crippen LogP contribution >= 0.6 is 0 Å². The number of carbonyl (C=O) groups excluding carboxylic acids is 3. The van der Waals surface area contributed by atoms with Crippen LogP contribution in [0.3, 0.4) is 0 Å². The second kappa shape index (κ2) is 8.20. The van der Waals surface area contributed by atoms with Crippen LogP contribution in [0.15, 0.2) is 24.3 Å². The zero-order valence-corrected chi connectivity index (χ0v) is 19.1. The molecule has 1 heterocycles. The van der Waals surface area contributed by atoms with Gasteiger partial charge in [-0.2, -0.15) is 0 Å². The molecule has 4 saturated carbocycles. The summed E-state index contributed by atoms with van der Waals surface area (Å²) in [5, 5.41) is 2.80. The van der Waals surface area contributed by atoms with Crippen molar-refractivity contribution in [3.05, 3.63) is 29.8 Å². The van der Waals surface area contributed by atoms with Crippen LogP contribution in [0.1, 0.15) is 63.9 Å². The van der Waals surface area contributed by atoms with Crippen molar-refractivity contribution in [3.8, 4) is 0 Å². The molecule has 2 amide bonds. The molecule has 6 rings (SSSR count). The number of benzene rings is 1. The molecule has 0 unspecified atom stereocenters. The van der Waals surface area contributed by atoms with Crippen LogP contribution in [-0.2, 0) is 19.1 Å². The highest BCUT2D eigenvalue weighted by Crippen LogP contribution is 2.60. The molecule has 1 aromatic carbocycles. The van der Waals surface area contributed by atoms with E-state index < -0.39 is 18.1 Å². The van der Waals surface area contributed by atoms with Gasteiger partial charge < -0.3 is 15.0 Å². The SMILES string of the molecule is Cc1cccc(NC(=O)[C@@H](C)OC(=O)[C@@H]2CCCN2C(=O)C23CC4CC(CC(C4)C2)C3)c1. The van der Waals surface area contributed by atoms with E-state index in [0.717, 1.165) is 31.2 Å². The van der Waals surface area contributed by atoms with E-state index in [-0.39, 0.29) is 17.2 Å². The zero-order valence-electron chi connectivity index (χ0n) is 19.1. The Bertz CT molecular complexity index is 891. The molecule has 4 bridgehead atoms. The number of aryl methyl sites for hydroxylation is 1. The lowest BCUT2D eigenvalue weighted by Crippen LogP contribution is -2.56. The van der Waals surface area contributed by atoms with Crippen molar-refractivity contribution in [2.24, 2.45) is 23.2 Å². The molecule has 1 aliphatic heterocycles. The third-order valence-corrected chi connectivity index (χ3v) is 8.23. The minimum Gasteiger partial charge on any atom is -0.451 e. The van der Waals surface area contributed by atoms with Crippen molar-refractivity contribution in [2.45, 2.75) is 77.4 Å². The first-order valence-electron chi connectivity index (χ1n) is 12.2. The number of anilines is 1. The van der Waals surface area contributed by atoms with Crippen LogP contribution in [0, 0.1) is 30.1 Å². The maximum absolute atomic E-state index is 13.7. The predicted octanol–water partition coefficient (Wildman–Crippen LogP) is 4.07. The van der Waals surface area contributed by atoms with Gasteiger partial charge in [0.25, 0.3) is 5.91 Å². The number of nitrogens with one attached hydrogen (secondary N) is 1. The van der Waals surface area contributed by atoms with Gasteiger partial charge in [-0.3, -0.25) is 9.59 Å². The number of esters is 1. The maximum atomic E-state index is 13.7. The van der Waals surface area contributed by atoms with Crippen molar-refractivity contribution in [2.75, 3.05) is 11.9 Å². The number of carbonyl (C=O) groups is 3. The van der Waals surface area contributed by atoms with Crippen molar-refractivity contribution < 1.29 is 19.1 Å². The fraction of sp³-hybridized carbons (Fsp3) is 0.654. The second-order valence-electron chi connectivity index (χ2n) is 10.8. The Kier molecular flexibility index (Phi) is 5.50. The summed E-state index contributed by atoms with van der Waals surface area (Å²) in [7, 11) is 0. The average molecular weight is 439 g/mol. The van der Waals surface area contributed by atoms with E-state index in [9.17, 15) is 14.4 Å². The van der Waals surface area contributed by atoms with Gasteiger partial charge in [-0.1, -0.05) is 12.1 Å². The molecule has 0 radical (unpaired) electrons. The Hall–Kier alpha value is -2.37. The molecule has 32 heavy (non-hydrogen) atoms. The largest absolute Gasteiger partial charge is 0.451 e. The van der Waals surface area contributed by atoms with Crippen LogP contribution < -0.4 is 5.32 Å². The van der Waals surface area contributed by atoms with Gasteiger partial charge in [0.15, 0.2) is 6.10 Å². The fourth-order valence-electron chi connectivity index (χ4n) is 7.21. The van der Waals surface area contributed by atoms with E-state index in [1.165, 1.54) is 19.3 Å². The number of likely N-dealkylation sites (tertiary alicyclic amines) is 1. The van der Waals surface area contributed by atoms with Gasteiger partial charge in [-0.25, -0.2) is 4.79 Å². The molecule has 6 nitrogen and oxygen atoms in total. The molecule has 5 aliphatic rings. The fourth-order valence-corrected chi connectivity index (χ4v) is 7.21. The zero-order chi connectivity index (χ0) is 22.5. The summed E-state index contributed by atoms with van der Waals surface area (Å²) in [6, 6.07) is 6.94. The molecule has 1 saturated heterocycles. The average Bonchev–Trinajstić information content (AvgIpc) is 3.22. The van der Waals surface area contributed by atoms with Gasteiger partial charge in [0.2, 0.25) is 5.91 Å². The van der Waals surface area contributed by atoms with E-state index in [1.54, 1.807) is 11.8 Å². The first kappa shape index (κ1) is 21.5. The van der Waals surface area contributed by atoms with Crippen molar-refractivity contribution in [1.82, 2.24) is 4.90 Å². The van der Waals surface area contributed by atoms with Crippen LogP contribution in [0.2, 0.25) is 0 Å². The summed E-state index contributed by atoms with van der Waals surface area (Å²) < 4.78 is 5.55. The monoisotopic (exact) mass is 438 g/mol. The number of rotatable bonds is 5. The number of hydrogen-bond acceptors (Lipinski definition) is 4. The van der Waals surface area contributed by atoms with Crippen molar-refractivity contribution in [3.63, 3.8) is 0 Å². The van der Waals surface area contributed by atoms with E-state index in [4.69, 9.17) is 4.74 Å². The Morgan fingerprint density at radius 2 is 1.75 bits per heavy atom. The highest BCUT2D eigenvalue weighted by Gasteiger charge is 2.57. The topological polar surface area (TPSA) is 75.7 Å². The van der Waals surface area contributed by atoms with E-state index in [2.05, 4.69) is 5.32 Å². The summed E-state index contributed by atoms with van der Waals surface area (Å²) in [5.74, 6) is 1.41. The minimum atomic E-state index is -0.917. The molecule has 0 aromatic heterocycles. The van der Waals surface area contributed by atoms with E-state index in [1.807, 2.05) is 31.2 Å². The highest BCUT2D eigenvalue weighted by molar-refractivity contribution is 5.96. The number of nitrogens with zero attached hydrogens (tertiary/aromatic N) is 1. The molecule has 6 heteroatoms. The number of ether oxygens (including phenoxy) is 1. The normalized spacial score (nSPS) is 33.8. The smallest absolute Gasteiger partial charge is 0.329 e. The van der Waals surface area contributed by atoms with Gasteiger partial charge in [0.1, 0.15) is 6.04 Å². The Labute approximate surface area is 190 Å². The Balaban J connectivity index is 1.23. The molecular weight excluding hydrogens is 404 g/mol. The lowest BCUT2D eigenvalue weighted by molar-refractivity contribution is -0.168.